The van der Waals surface area contributed by atoms with E-state index in [0.29, 0.717) is 12.5 Å². The number of nitrogen functional groups attached to an aromatic ring is 1. The molecule has 0 bridgehead atoms. The first kappa shape index (κ1) is 12.4. The van der Waals surface area contributed by atoms with Crippen molar-refractivity contribution in [2.24, 2.45) is 0 Å². The first-order valence-corrected chi connectivity index (χ1v) is 4.81. The average molecular weight is 227 g/mol. The second-order valence-electron chi connectivity index (χ2n) is 3.82. The van der Waals surface area contributed by atoms with Gasteiger partial charge in [-0.05, 0) is 13.8 Å². The largest absolute Gasteiger partial charge is 0.467 e. The van der Waals surface area contributed by atoms with Gasteiger partial charge in [-0.1, -0.05) is 0 Å². The highest BCUT2D eigenvalue weighted by Crippen LogP contribution is 2.11. The second kappa shape index (κ2) is 4.93. The van der Waals surface area contributed by atoms with Crippen LogP contribution in [0.3, 0.4) is 0 Å². The number of hydrogen-bond donors (Lipinski definition) is 2. The average Bonchev–Trinajstić information content (AvgIpc) is 2.26. The number of nitrogens with two attached hydrogens (primary N) is 1. The minimum Gasteiger partial charge on any atom is -0.467 e. The minimum atomic E-state index is -0.311. The maximum absolute atomic E-state index is 5.49. The molecular weight excluding hydrogens is 210 g/mol. The van der Waals surface area contributed by atoms with Crippen LogP contribution in [0.4, 0.5) is 11.9 Å². The van der Waals surface area contributed by atoms with E-state index in [0.717, 1.165) is 0 Å². The molecule has 0 unspecified atom stereocenters. The Kier molecular flexibility index (Phi) is 3.83. The summed E-state index contributed by atoms with van der Waals surface area (Å²) in [7, 11) is 3.11. The predicted molar refractivity (Wildman–Crippen MR) is 60.4 cm³/mol. The summed E-state index contributed by atoms with van der Waals surface area (Å²) in [5.41, 5.74) is 5.18. The third-order valence-electron chi connectivity index (χ3n) is 2.04. The van der Waals surface area contributed by atoms with Gasteiger partial charge in [0, 0.05) is 13.7 Å². The zero-order valence-corrected chi connectivity index (χ0v) is 9.94. The zero-order valence-electron chi connectivity index (χ0n) is 9.94. The van der Waals surface area contributed by atoms with E-state index in [1.807, 2.05) is 13.8 Å². The van der Waals surface area contributed by atoms with Crippen LogP contribution in [0, 0.1) is 0 Å². The monoisotopic (exact) mass is 227 g/mol. The van der Waals surface area contributed by atoms with Crippen LogP contribution in [0.25, 0.3) is 0 Å². The van der Waals surface area contributed by atoms with Gasteiger partial charge < -0.3 is 20.5 Å². The highest BCUT2D eigenvalue weighted by atomic mass is 16.5. The molecule has 1 aromatic rings. The molecular formula is C9H17N5O2. The summed E-state index contributed by atoms with van der Waals surface area (Å²) in [5, 5.41) is 3.00. The molecule has 0 aliphatic heterocycles. The van der Waals surface area contributed by atoms with E-state index in [1.54, 1.807) is 7.11 Å². The standard InChI is InChI=1S/C9H17N5O2/c1-9(2,16-4)5-11-7-12-6(10)13-8(14-7)15-3/h5H2,1-4H3,(H3,10,11,12,13,14). The molecule has 16 heavy (non-hydrogen) atoms. The van der Waals surface area contributed by atoms with Crippen molar-refractivity contribution in [3.05, 3.63) is 0 Å². The molecule has 0 saturated heterocycles. The number of anilines is 2. The molecule has 0 spiro atoms. The molecule has 3 N–H and O–H groups in total. The maximum atomic E-state index is 5.49. The summed E-state index contributed by atoms with van der Waals surface area (Å²) >= 11 is 0. The van der Waals surface area contributed by atoms with Crippen molar-refractivity contribution in [1.29, 1.82) is 0 Å². The summed E-state index contributed by atoms with van der Waals surface area (Å²) < 4.78 is 10.1. The molecule has 0 atom stereocenters. The molecule has 1 heterocycles. The molecule has 0 aliphatic carbocycles. The van der Waals surface area contributed by atoms with E-state index in [-0.39, 0.29) is 17.6 Å². The molecule has 0 amide bonds. The molecule has 90 valence electrons. The molecule has 7 heteroatoms. The fourth-order valence-electron chi connectivity index (χ4n) is 0.907. The smallest absolute Gasteiger partial charge is 0.322 e. The zero-order chi connectivity index (χ0) is 12.2. The number of hydrogen-bond acceptors (Lipinski definition) is 7. The van der Waals surface area contributed by atoms with Crippen LogP contribution in [-0.2, 0) is 4.74 Å². The molecule has 1 aromatic heterocycles. The van der Waals surface area contributed by atoms with Gasteiger partial charge in [-0.25, -0.2) is 0 Å². The van der Waals surface area contributed by atoms with Gasteiger partial charge in [0.05, 0.1) is 12.7 Å². The van der Waals surface area contributed by atoms with Gasteiger partial charge >= 0.3 is 6.01 Å². The van der Waals surface area contributed by atoms with Crippen LogP contribution < -0.4 is 15.8 Å². The van der Waals surface area contributed by atoms with Crippen LogP contribution >= 0.6 is 0 Å². The Morgan fingerprint density at radius 2 is 1.94 bits per heavy atom. The molecule has 7 nitrogen and oxygen atoms in total. The molecule has 1 rings (SSSR count). The number of rotatable bonds is 5. The van der Waals surface area contributed by atoms with E-state index in [4.69, 9.17) is 15.2 Å². The number of nitrogens with zero attached hydrogens (tertiary/aromatic N) is 3. The third-order valence-corrected chi connectivity index (χ3v) is 2.04. The lowest BCUT2D eigenvalue weighted by molar-refractivity contribution is 0.0342. The highest BCUT2D eigenvalue weighted by molar-refractivity contribution is 5.32. The van der Waals surface area contributed by atoms with Gasteiger partial charge in [-0.3, -0.25) is 0 Å². The number of aromatic nitrogens is 3. The van der Waals surface area contributed by atoms with Gasteiger partial charge in [0.2, 0.25) is 11.9 Å². The Labute approximate surface area is 94.4 Å². The van der Waals surface area contributed by atoms with Crippen molar-refractivity contribution in [3.63, 3.8) is 0 Å². The van der Waals surface area contributed by atoms with Gasteiger partial charge in [-0.2, -0.15) is 15.0 Å². The highest BCUT2D eigenvalue weighted by Gasteiger charge is 2.16. The molecule has 0 aromatic carbocycles. The van der Waals surface area contributed by atoms with E-state index in [9.17, 15) is 0 Å². The van der Waals surface area contributed by atoms with Crippen LogP contribution in [-0.4, -0.2) is 41.3 Å². The molecule has 0 radical (unpaired) electrons. The van der Waals surface area contributed by atoms with Crippen molar-refractivity contribution < 1.29 is 9.47 Å². The Morgan fingerprint density at radius 3 is 2.50 bits per heavy atom. The fraction of sp³-hybridized carbons (Fsp3) is 0.667. The normalized spacial score (nSPS) is 11.2. The lowest BCUT2D eigenvalue weighted by atomic mass is 10.1. The maximum Gasteiger partial charge on any atom is 0.322 e. The Morgan fingerprint density at radius 1 is 1.25 bits per heavy atom. The first-order chi connectivity index (χ1) is 7.46. The van der Waals surface area contributed by atoms with Crippen molar-refractivity contribution in [3.8, 4) is 6.01 Å². The van der Waals surface area contributed by atoms with Gasteiger partial charge in [-0.15, -0.1) is 0 Å². The van der Waals surface area contributed by atoms with E-state index >= 15 is 0 Å². The van der Waals surface area contributed by atoms with Gasteiger partial charge in [0.1, 0.15) is 0 Å². The van der Waals surface area contributed by atoms with Crippen molar-refractivity contribution in [1.82, 2.24) is 15.0 Å². The number of ether oxygens (including phenoxy) is 2. The SMILES string of the molecule is COc1nc(N)nc(NCC(C)(C)OC)n1. The lowest BCUT2D eigenvalue weighted by Gasteiger charge is -2.22. The van der Waals surface area contributed by atoms with Crippen LogP contribution in [0.15, 0.2) is 0 Å². The summed E-state index contributed by atoms with van der Waals surface area (Å²) in [6.07, 6.45) is 0. The fourth-order valence-corrected chi connectivity index (χ4v) is 0.907. The van der Waals surface area contributed by atoms with Gasteiger partial charge in [0.15, 0.2) is 0 Å². The van der Waals surface area contributed by atoms with E-state index in [2.05, 4.69) is 20.3 Å². The summed E-state index contributed by atoms with van der Waals surface area (Å²) in [6, 6.07) is 0.185. The lowest BCUT2D eigenvalue weighted by Crippen LogP contribution is -2.32. The first-order valence-electron chi connectivity index (χ1n) is 4.81. The Bertz CT molecular complexity index is 356. The Hall–Kier alpha value is -1.63. The van der Waals surface area contributed by atoms with Crippen molar-refractivity contribution >= 4 is 11.9 Å². The topological polar surface area (TPSA) is 95.2 Å². The number of methoxy groups -OCH3 is 2. The second-order valence-corrected chi connectivity index (χ2v) is 3.82. The summed E-state index contributed by atoms with van der Waals surface area (Å²) in [6.45, 7) is 4.44. The van der Waals surface area contributed by atoms with Gasteiger partial charge in [0.25, 0.3) is 0 Å². The summed E-state index contributed by atoms with van der Waals surface area (Å²) in [5.74, 6) is 0.485. The molecule has 0 saturated carbocycles. The van der Waals surface area contributed by atoms with Crippen LogP contribution in [0.2, 0.25) is 0 Å². The van der Waals surface area contributed by atoms with Crippen LogP contribution in [0.5, 0.6) is 6.01 Å². The number of nitrogens with one attached hydrogen (secondary N) is 1. The minimum absolute atomic E-state index is 0.115. The molecule has 0 aliphatic rings. The third kappa shape index (κ3) is 3.50. The van der Waals surface area contributed by atoms with E-state index in [1.165, 1.54) is 7.11 Å². The molecule has 0 fully saturated rings. The summed E-state index contributed by atoms with van der Waals surface area (Å²) in [4.78, 5) is 11.7. The van der Waals surface area contributed by atoms with Crippen molar-refractivity contribution in [2.75, 3.05) is 31.8 Å². The Balaban J connectivity index is 2.70. The quantitative estimate of drug-likeness (QED) is 0.746. The van der Waals surface area contributed by atoms with Crippen molar-refractivity contribution in [2.45, 2.75) is 19.4 Å². The van der Waals surface area contributed by atoms with E-state index < -0.39 is 0 Å². The van der Waals surface area contributed by atoms with Crippen LogP contribution in [0.1, 0.15) is 13.8 Å². The predicted octanol–water partition coefficient (Wildman–Crippen LogP) is 0.299.